The minimum Gasteiger partial charge on any atom is -1.00 e. The molecule has 1 aromatic rings. The van der Waals surface area contributed by atoms with Crippen LogP contribution < -0.4 is 26.4 Å². The van der Waals surface area contributed by atoms with Gasteiger partial charge in [-0.25, -0.2) is 28.8 Å². The van der Waals surface area contributed by atoms with Crippen LogP contribution in [0, 0.1) is 3.57 Å². The number of Topliss-reactive ketones (excluding diaryl/α,β-unsaturated/α-hetero) is 1. The zero-order chi connectivity index (χ0) is 88.8. The van der Waals surface area contributed by atoms with Gasteiger partial charge in [0.05, 0.1) is 50.7 Å². The maximum absolute atomic E-state index is 13.2. The molecule has 0 aliphatic carbocycles. The number of cyclic esters (lactones) is 1. The van der Waals surface area contributed by atoms with E-state index in [4.69, 9.17) is 68.2 Å². The third-order valence-corrected chi connectivity index (χ3v) is 24.1. The van der Waals surface area contributed by atoms with E-state index in [0.29, 0.717) is 84.6 Å². The molecule has 0 aromatic heterocycles. The van der Waals surface area contributed by atoms with Gasteiger partial charge >= 0.3 is 197 Å². The molecule has 50 heteroatoms. The van der Waals surface area contributed by atoms with Crippen molar-refractivity contribution < 1.29 is 173 Å². The Kier molecular flexibility index (Phi) is 54.2. The summed E-state index contributed by atoms with van der Waals surface area (Å²) in [7, 11) is -3.67. The topological polar surface area (TPSA) is 463 Å². The number of esters is 1. The number of morpholine rings is 1. The summed E-state index contributed by atoms with van der Waals surface area (Å²) in [4.78, 5) is 117. The molecule has 3 amide bonds. The van der Waals surface area contributed by atoms with E-state index in [9.17, 15) is 91.3 Å². The number of nitrogens with zero attached hydrogens (tertiary/aromatic N) is 4. The summed E-state index contributed by atoms with van der Waals surface area (Å²) in [5.41, 5.74) is 10.2. The molecule has 3 unspecified atom stereocenters. The Bertz CT molecular complexity index is 3320. The number of carbonyl (C=O) groups is 10. The average molecular weight is 1910 g/mol. The molecule has 7 atom stereocenters. The number of aliphatic hydroxyl groups is 2. The van der Waals surface area contributed by atoms with Crippen molar-refractivity contribution in [2.45, 2.75) is 265 Å². The maximum Gasteiger partial charge on any atom is 0.762 e. The number of ketones is 1. The zero-order valence-corrected chi connectivity index (χ0v) is 73.5. The van der Waals surface area contributed by atoms with Gasteiger partial charge in [0.15, 0.2) is 19.4 Å². The summed E-state index contributed by atoms with van der Waals surface area (Å²) in [6, 6.07) is 2.59. The van der Waals surface area contributed by atoms with Gasteiger partial charge in [-0.3, -0.25) is 12.9 Å². The first-order chi connectivity index (χ1) is 52.7. The fraction of sp³-hybridized carbons (Fsp3) is 0.765. The number of nitrogens with two attached hydrogens (primary N) is 1. The second-order valence-corrected chi connectivity index (χ2v) is 39.1. The quantitative estimate of drug-likeness (QED) is 0.0126. The van der Waals surface area contributed by atoms with Crippen LogP contribution in [0.3, 0.4) is 0 Å². The molecular formula is C68H116BCl2F10IN8O27S. The summed E-state index contributed by atoms with van der Waals surface area (Å²) in [6.45, 7) is 32.6. The first-order valence-corrected chi connectivity index (χ1v) is 42.0. The SMILES string of the molecule is CC(=O)OI1(OC(C)=O)(OC(C)=O)CC(=O)c2ccccc21.CC(C)(C)OC(=O)NC1CCCOC1(F)F.CC(C)(C)OC(=O)NC1CCCOC1=O.CC(C)(C)OC(=O)N[C@H]1CCCO[C@@H]1O.CC(C)(C)OC(=O)OC(=O)OC(C)(C)C.Cl.Cl.FB(F)F.FS(F)=[N+]1CCOCC1.NC1CCCOC1(F)F.[F-].[HH].[N-]=[N+]=N[C@H]1CCOC[C@@H]1O. The monoisotopic (exact) mass is 1910 g/mol. The Balaban J connectivity index is -0.000000417. The van der Waals surface area contributed by atoms with Gasteiger partial charge in [0.25, 0.3) is 0 Å². The number of hydrogen-bond donors (Lipinski definition) is 6. The van der Waals surface area contributed by atoms with Gasteiger partial charge in [-0.05, 0) is 167 Å². The van der Waals surface area contributed by atoms with Gasteiger partial charge in [-0.2, -0.15) is 17.6 Å². The second-order valence-electron chi connectivity index (χ2n) is 29.9. The van der Waals surface area contributed by atoms with Gasteiger partial charge in [0, 0.05) is 19.6 Å². The van der Waals surface area contributed by atoms with Crippen LogP contribution in [0.15, 0.2) is 29.4 Å². The third kappa shape index (κ3) is 51.7. The summed E-state index contributed by atoms with van der Waals surface area (Å²) < 4.78 is 177. The molecule has 7 N–H and O–H groups in total. The molecule has 118 heavy (non-hydrogen) atoms. The van der Waals surface area contributed by atoms with Crippen molar-refractivity contribution in [2.75, 3.05) is 70.4 Å². The fourth-order valence-corrected chi connectivity index (χ4v) is 19.4. The molecule has 8 rings (SSSR count). The Morgan fingerprint density at radius 2 is 1.05 bits per heavy atom. The molecule has 7 aliphatic rings. The summed E-state index contributed by atoms with van der Waals surface area (Å²) in [5.74, 6) is -3.15. The van der Waals surface area contributed by atoms with E-state index in [1.807, 2.05) is 0 Å². The smallest absolute Gasteiger partial charge is 0.762 e. The predicted octanol–water partition coefficient (Wildman–Crippen LogP) is 10.2. The maximum atomic E-state index is 13.2. The fourth-order valence-electron chi connectivity index (χ4n) is 9.26. The molecular weight excluding hydrogens is 1790 g/mol. The minimum atomic E-state index is -5.53. The number of aliphatic hydroxyl groups excluding tert-OH is 2. The zero-order valence-electron chi connectivity index (χ0n) is 68.9. The van der Waals surface area contributed by atoms with E-state index < -0.39 is 167 Å². The Morgan fingerprint density at radius 3 is 1.44 bits per heavy atom. The number of amides is 3. The van der Waals surface area contributed by atoms with E-state index in [1.54, 1.807) is 116 Å². The van der Waals surface area contributed by atoms with Crippen molar-refractivity contribution in [1.82, 2.24) is 16.0 Å². The number of rotatable bonds is 7. The molecule has 0 radical (unpaired) electrons. The summed E-state index contributed by atoms with van der Waals surface area (Å²) in [5, 5.41) is 29.2. The van der Waals surface area contributed by atoms with Crippen molar-refractivity contribution in [3.05, 3.63) is 43.8 Å². The number of alkyl carbamates (subject to hydrolysis) is 3. The van der Waals surface area contributed by atoms with Gasteiger partial charge in [-0.15, -0.1) is 28.8 Å². The van der Waals surface area contributed by atoms with Gasteiger partial charge < -0.3 is 93.4 Å². The Morgan fingerprint density at radius 1 is 0.619 bits per heavy atom. The Labute approximate surface area is 697 Å². The number of carbonyl (C=O) groups excluding carboxylic acids is 10. The first-order valence-electron chi connectivity index (χ1n) is 35.8. The van der Waals surface area contributed by atoms with Gasteiger partial charge in [0.2, 0.25) is 0 Å². The number of benzene rings is 1. The van der Waals surface area contributed by atoms with E-state index in [2.05, 4.69) is 40.2 Å². The molecule has 1 aromatic carbocycles. The number of alkyl halides is 5. The number of fused-ring (bicyclic) bond motifs is 1. The van der Waals surface area contributed by atoms with Crippen LogP contribution >= 0.6 is 43.1 Å². The van der Waals surface area contributed by atoms with Crippen molar-refractivity contribution in [1.29, 1.82) is 0 Å². The molecule has 690 valence electrons. The van der Waals surface area contributed by atoms with Gasteiger partial charge in [-0.1, -0.05) is 12.9 Å². The summed E-state index contributed by atoms with van der Waals surface area (Å²) >= 11 is -8.08. The van der Waals surface area contributed by atoms with Crippen LogP contribution in [-0.4, -0.2) is 235 Å². The molecule has 0 spiro atoms. The molecule has 0 bridgehead atoms. The van der Waals surface area contributed by atoms with E-state index >= 15 is 0 Å². The van der Waals surface area contributed by atoms with Crippen LogP contribution in [0.1, 0.15) is 194 Å². The Hall–Kier alpha value is -6.87. The number of halogens is 13. The molecule has 7 heterocycles. The largest absolute Gasteiger partial charge is 1.00 e. The van der Waals surface area contributed by atoms with Crippen molar-refractivity contribution >= 4 is 122 Å². The van der Waals surface area contributed by atoms with Crippen molar-refractivity contribution in [3.8, 4) is 0 Å². The molecule has 6 saturated heterocycles. The second kappa shape index (κ2) is 54.5. The van der Waals surface area contributed by atoms with Crippen LogP contribution in [-0.2, 0) is 96.7 Å². The molecule has 6 fully saturated rings. The molecule has 7 aliphatic heterocycles. The van der Waals surface area contributed by atoms with E-state index in [0.717, 1.165) is 37.6 Å². The average Bonchev–Trinajstić information content (AvgIpc) is 1.54. The van der Waals surface area contributed by atoms with E-state index in [-0.39, 0.29) is 84.4 Å². The summed E-state index contributed by atoms with van der Waals surface area (Å²) in [6.07, 6.45) is -6.79. The first kappa shape index (κ1) is 117. The van der Waals surface area contributed by atoms with Crippen molar-refractivity contribution in [2.24, 2.45) is 10.8 Å². The third-order valence-electron chi connectivity index (χ3n) is 13.6. The van der Waals surface area contributed by atoms with Crippen LogP contribution in [0.2, 0.25) is 0 Å². The minimum absolute atomic E-state index is 0. The van der Waals surface area contributed by atoms with Crippen LogP contribution in [0.4, 0.5) is 62.3 Å². The van der Waals surface area contributed by atoms with E-state index in [1.165, 1.54) is 12.1 Å². The van der Waals surface area contributed by atoms with Gasteiger partial charge in [0.1, 0.15) is 53.3 Å². The number of nitrogens with one attached hydrogen (secondary N) is 3. The van der Waals surface area contributed by atoms with Crippen molar-refractivity contribution in [3.63, 3.8) is 0 Å². The number of ether oxygens (including phenoxy) is 12. The predicted molar refractivity (Wildman–Crippen MR) is 417 cm³/mol. The molecule has 0 saturated carbocycles. The van der Waals surface area contributed by atoms with Crippen LogP contribution in [0.5, 0.6) is 0 Å². The number of azide groups is 1. The van der Waals surface area contributed by atoms with Crippen LogP contribution in [0.25, 0.3) is 10.4 Å². The standard InChI is InChI=1S/C14H15IO7.C10H17F2NO3.C10H19NO4.C10H17NO4.C10H18O5.C5H9F2NO.C5H9N3O2.C4H8F2NOS.BF3.2ClH.FH.H2/c1-9(16)20-15(21-10(2)17,22-11(3)18)8-14(19)12-6-4-5-7-13(12)15;1-9(2,3)16-8(14)13-7-5-4-6-15-10(7,11)12;2*1-10(2,3)15-9(13)11-7-5-4-6-14-8(7)12;1-9(2,3)14-7(11)13-8(12)15-10(4,5)6;6-5(7)4(8)2-1-3-9-5;6-8-7-4-1-2-10-3-5(4)9;5-9(6)7-1-3-8-4-2-7;2-1(3)4;;;;/h4-7H,8H2,1-3H3;7H,4-6H2,1-3H3,(H,13,14);7-8,12H,4-6H2,1-3H3,(H,11,13);7H,4-6H2,1-3H3,(H,11,13);1-6H3;4H,1-3,8H2;4-5,9H,1-3H2;1-4H2;;4*1H/q;;;;;;;+1;;;;;/p-1/t;;7-,8-;;;;4-,5-;;;;;;/m..0...0....../s1. The normalized spacial score (nSPS) is 21.9. The molecule has 35 nitrogen and oxygen atoms in total. The number of hydrogen-bond acceptors (Lipinski definition) is 29.